The molecule has 4 rings (SSSR count). The maximum Gasteiger partial charge on any atom is 0.306 e. The third-order valence-corrected chi connectivity index (χ3v) is 6.32. The average Bonchev–Trinajstić information content (AvgIpc) is 2.87. The molecule has 0 spiro atoms. The van der Waals surface area contributed by atoms with Gasteiger partial charge in [-0.1, -0.05) is 60.7 Å². The predicted octanol–water partition coefficient (Wildman–Crippen LogP) is 4.49. The summed E-state index contributed by atoms with van der Waals surface area (Å²) in [6.45, 7) is 0. The van der Waals surface area contributed by atoms with Crippen LogP contribution in [0, 0.1) is 0 Å². The minimum atomic E-state index is -3.88. The van der Waals surface area contributed by atoms with E-state index in [1.54, 1.807) is 60.7 Å². The van der Waals surface area contributed by atoms with E-state index in [-0.39, 0.29) is 22.6 Å². The van der Waals surface area contributed by atoms with Crippen molar-refractivity contribution in [3.8, 4) is 22.6 Å². The van der Waals surface area contributed by atoms with Crippen LogP contribution in [0.25, 0.3) is 11.1 Å². The molecule has 4 aromatic rings. The van der Waals surface area contributed by atoms with Crippen molar-refractivity contribution in [1.29, 1.82) is 0 Å². The van der Waals surface area contributed by atoms with Crippen molar-refractivity contribution in [2.24, 2.45) is 0 Å². The van der Waals surface area contributed by atoms with Crippen LogP contribution in [0.3, 0.4) is 0 Å². The van der Waals surface area contributed by atoms with Gasteiger partial charge in [-0.3, -0.25) is 9.59 Å². The van der Waals surface area contributed by atoms with Gasteiger partial charge in [0.25, 0.3) is 0 Å². The first kappa shape index (κ1) is 26.8. The second-order valence-electron chi connectivity index (χ2n) is 8.38. The Bertz CT molecular complexity index is 1600. The summed E-state index contributed by atoms with van der Waals surface area (Å²) < 4.78 is 57.0. The smallest absolute Gasteiger partial charge is 0.306 e. The molecule has 0 aliphatic rings. The van der Waals surface area contributed by atoms with Gasteiger partial charge in [-0.2, -0.15) is 16.8 Å². The second kappa shape index (κ2) is 10.6. The summed E-state index contributed by atoms with van der Waals surface area (Å²) in [6, 6.07) is 25.0. The van der Waals surface area contributed by atoms with E-state index < -0.39 is 31.8 Å². The third-order valence-electron chi connectivity index (χ3n) is 5.33. The molecule has 0 radical (unpaired) electrons. The van der Waals surface area contributed by atoms with Crippen molar-refractivity contribution in [3.05, 3.63) is 119 Å². The summed E-state index contributed by atoms with van der Waals surface area (Å²) in [4.78, 5) is 27.1. The van der Waals surface area contributed by atoms with Crippen LogP contribution in [-0.4, -0.2) is 40.9 Å². The fourth-order valence-electron chi connectivity index (χ4n) is 3.84. The highest BCUT2D eigenvalue weighted by molar-refractivity contribution is 7.86. The Morgan fingerprint density at radius 2 is 0.868 bits per heavy atom. The van der Waals surface area contributed by atoms with Crippen molar-refractivity contribution in [1.82, 2.24) is 0 Å². The molecule has 0 heterocycles. The van der Waals surface area contributed by atoms with Gasteiger partial charge in [0.15, 0.2) is 11.6 Å². The van der Waals surface area contributed by atoms with Gasteiger partial charge < -0.3 is 8.37 Å². The number of hydrogen-bond acceptors (Lipinski definition) is 8. The summed E-state index contributed by atoms with van der Waals surface area (Å²) in [5.74, 6) is -1.03. The molecule has 4 aromatic carbocycles. The predicted molar refractivity (Wildman–Crippen MR) is 143 cm³/mol. The summed E-state index contributed by atoms with van der Waals surface area (Å²) in [5.41, 5.74) is 1.44. The molecule has 0 fully saturated rings. The van der Waals surface area contributed by atoms with Crippen LogP contribution in [0.2, 0.25) is 0 Å². The molecule has 0 amide bonds. The normalized spacial score (nSPS) is 11.5. The Morgan fingerprint density at radius 3 is 1.18 bits per heavy atom. The zero-order valence-electron chi connectivity index (χ0n) is 20.3. The summed E-state index contributed by atoms with van der Waals surface area (Å²) in [5, 5.41) is 0. The lowest BCUT2D eigenvalue weighted by atomic mass is 9.88. The number of hydrogen-bond donors (Lipinski definition) is 0. The van der Waals surface area contributed by atoms with Gasteiger partial charge in [0.05, 0.1) is 12.5 Å². The maximum absolute atomic E-state index is 13.6. The van der Waals surface area contributed by atoms with Gasteiger partial charge in [0.1, 0.15) is 11.5 Å². The number of carbonyl (C=O) groups excluding carboxylic acids is 2. The van der Waals surface area contributed by atoms with Crippen molar-refractivity contribution in [3.63, 3.8) is 0 Å². The molecule has 0 aliphatic carbocycles. The molecular formula is C28H22O8S2. The minimum absolute atomic E-state index is 0.0799. The van der Waals surface area contributed by atoms with Gasteiger partial charge in [0, 0.05) is 22.3 Å². The first-order valence-electron chi connectivity index (χ1n) is 11.2. The van der Waals surface area contributed by atoms with E-state index in [0.29, 0.717) is 22.3 Å². The highest BCUT2D eigenvalue weighted by Gasteiger charge is 2.23. The molecule has 38 heavy (non-hydrogen) atoms. The van der Waals surface area contributed by atoms with Crippen LogP contribution in [0.15, 0.2) is 97.1 Å². The number of ketones is 2. The van der Waals surface area contributed by atoms with Crippen molar-refractivity contribution in [2.45, 2.75) is 0 Å². The number of benzene rings is 4. The van der Waals surface area contributed by atoms with Crippen molar-refractivity contribution >= 4 is 31.8 Å². The molecular weight excluding hydrogens is 528 g/mol. The molecule has 0 unspecified atom stereocenters. The molecule has 0 bridgehead atoms. The van der Waals surface area contributed by atoms with Crippen LogP contribution < -0.4 is 8.37 Å². The quantitative estimate of drug-likeness (QED) is 0.221. The SMILES string of the molecule is CS(=O)(=O)Oc1ccc(-c2ccc(OS(C)(=O)=O)cc2C(=O)c2ccccc2)c(C(=O)c2ccccc2)c1. The zero-order valence-corrected chi connectivity index (χ0v) is 22.0. The van der Waals surface area contributed by atoms with E-state index in [4.69, 9.17) is 8.37 Å². The van der Waals surface area contributed by atoms with Crippen molar-refractivity contribution < 1.29 is 34.8 Å². The van der Waals surface area contributed by atoms with Crippen LogP contribution in [0.4, 0.5) is 0 Å². The Labute approximate surface area is 220 Å². The molecule has 0 N–H and O–H groups in total. The average molecular weight is 551 g/mol. The topological polar surface area (TPSA) is 121 Å². The summed E-state index contributed by atoms with van der Waals surface area (Å²) in [7, 11) is -7.76. The Morgan fingerprint density at radius 1 is 0.526 bits per heavy atom. The Kier molecular flexibility index (Phi) is 7.47. The molecule has 0 aromatic heterocycles. The summed E-state index contributed by atoms with van der Waals surface area (Å²) >= 11 is 0. The van der Waals surface area contributed by atoms with Gasteiger partial charge in [-0.15, -0.1) is 0 Å². The number of rotatable bonds is 9. The third kappa shape index (κ3) is 6.53. The van der Waals surface area contributed by atoms with E-state index in [0.717, 1.165) is 12.5 Å². The second-order valence-corrected chi connectivity index (χ2v) is 11.5. The van der Waals surface area contributed by atoms with Gasteiger partial charge in [-0.25, -0.2) is 0 Å². The summed E-state index contributed by atoms with van der Waals surface area (Å²) in [6.07, 6.45) is 1.77. The fourth-order valence-corrected chi connectivity index (χ4v) is 4.74. The molecule has 10 heteroatoms. The monoisotopic (exact) mass is 550 g/mol. The molecule has 194 valence electrons. The lowest BCUT2D eigenvalue weighted by Crippen LogP contribution is -2.11. The molecule has 8 nitrogen and oxygen atoms in total. The van der Waals surface area contributed by atoms with E-state index in [1.165, 1.54) is 36.4 Å². The molecule has 0 saturated heterocycles. The van der Waals surface area contributed by atoms with E-state index in [2.05, 4.69) is 0 Å². The maximum atomic E-state index is 13.6. The minimum Gasteiger partial charge on any atom is -0.383 e. The van der Waals surface area contributed by atoms with Crippen molar-refractivity contribution in [2.75, 3.05) is 12.5 Å². The first-order valence-corrected chi connectivity index (χ1v) is 14.8. The van der Waals surface area contributed by atoms with Crippen LogP contribution >= 0.6 is 0 Å². The number of carbonyl (C=O) groups is 2. The van der Waals surface area contributed by atoms with Gasteiger partial charge in [-0.05, 0) is 47.5 Å². The lowest BCUT2D eigenvalue weighted by Gasteiger charge is -2.16. The van der Waals surface area contributed by atoms with E-state index >= 15 is 0 Å². The lowest BCUT2D eigenvalue weighted by molar-refractivity contribution is 0.102. The highest BCUT2D eigenvalue weighted by Crippen LogP contribution is 2.35. The van der Waals surface area contributed by atoms with Crippen LogP contribution in [0.5, 0.6) is 11.5 Å². The van der Waals surface area contributed by atoms with E-state index in [1.807, 2.05) is 0 Å². The van der Waals surface area contributed by atoms with Crippen LogP contribution in [-0.2, 0) is 20.2 Å². The van der Waals surface area contributed by atoms with Gasteiger partial charge >= 0.3 is 20.2 Å². The Balaban J connectivity index is 1.96. The largest absolute Gasteiger partial charge is 0.383 e. The van der Waals surface area contributed by atoms with E-state index in [9.17, 15) is 26.4 Å². The fraction of sp³-hybridized carbons (Fsp3) is 0.0714. The highest BCUT2D eigenvalue weighted by atomic mass is 32.2. The first-order chi connectivity index (χ1) is 17.9. The standard InChI is InChI=1S/C28H22O8S2/c1-37(31,32)35-21-13-15-23(25(17-21)27(29)19-9-5-3-6-10-19)24-16-14-22(36-38(2,33)34)18-26(24)28(30)20-11-7-4-8-12-20/h3-18H,1-2H3. The molecule has 0 saturated carbocycles. The Hall–Kier alpha value is -4.28. The zero-order chi connectivity index (χ0) is 27.5. The van der Waals surface area contributed by atoms with Gasteiger partial charge in [0.2, 0.25) is 0 Å². The molecule has 0 atom stereocenters. The molecule has 0 aliphatic heterocycles. The van der Waals surface area contributed by atoms with Crippen LogP contribution in [0.1, 0.15) is 31.8 Å².